The minimum absolute atomic E-state index is 0.0141. The minimum Gasteiger partial charge on any atom is -0.497 e. The molecule has 0 bridgehead atoms. The van der Waals surface area contributed by atoms with Gasteiger partial charge in [-0.25, -0.2) is 0 Å². The molecule has 0 saturated heterocycles. The molecule has 2 nitrogen and oxygen atoms in total. The highest BCUT2D eigenvalue weighted by atomic mass is 79.9. The number of benzene rings is 2. The van der Waals surface area contributed by atoms with Crippen LogP contribution in [0.1, 0.15) is 22.7 Å². The van der Waals surface area contributed by atoms with Crippen molar-refractivity contribution in [3.05, 3.63) is 63.6 Å². The summed E-state index contributed by atoms with van der Waals surface area (Å²) in [6.45, 7) is 2.08. The Hall–Kier alpha value is -1.32. The van der Waals surface area contributed by atoms with E-state index in [4.69, 9.17) is 10.5 Å². The number of ether oxygens (including phenoxy) is 1. The van der Waals surface area contributed by atoms with Gasteiger partial charge in [0.2, 0.25) is 0 Å². The molecule has 2 rings (SSSR count). The van der Waals surface area contributed by atoms with Crippen molar-refractivity contribution in [1.82, 2.24) is 0 Å². The largest absolute Gasteiger partial charge is 0.497 e. The van der Waals surface area contributed by atoms with Crippen molar-refractivity contribution < 1.29 is 4.74 Å². The lowest BCUT2D eigenvalue weighted by molar-refractivity contribution is 0.414. The highest BCUT2D eigenvalue weighted by Gasteiger charge is 2.08. The third-order valence-electron chi connectivity index (χ3n) is 3.22. The summed E-state index contributed by atoms with van der Waals surface area (Å²) >= 11 is 3.51. The summed E-state index contributed by atoms with van der Waals surface area (Å²) in [4.78, 5) is 0. The normalized spacial score (nSPS) is 12.2. The van der Waals surface area contributed by atoms with Crippen LogP contribution in [0.5, 0.6) is 5.75 Å². The van der Waals surface area contributed by atoms with Gasteiger partial charge in [0.15, 0.2) is 0 Å². The molecule has 100 valence electrons. The molecule has 19 heavy (non-hydrogen) atoms. The Bertz CT molecular complexity index is 551. The van der Waals surface area contributed by atoms with Crippen LogP contribution in [0, 0.1) is 6.92 Å². The maximum absolute atomic E-state index is 6.27. The van der Waals surface area contributed by atoms with Gasteiger partial charge in [-0.05, 0) is 48.2 Å². The second kappa shape index (κ2) is 6.22. The van der Waals surface area contributed by atoms with E-state index in [2.05, 4.69) is 53.2 Å². The number of methoxy groups -OCH3 is 1. The van der Waals surface area contributed by atoms with Gasteiger partial charge in [0.25, 0.3) is 0 Å². The van der Waals surface area contributed by atoms with E-state index in [0.29, 0.717) is 0 Å². The van der Waals surface area contributed by atoms with Gasteiger partial charge in [0.1, 0.15) is 5.75 Å². The predicted octanol–water partition coefficient (Wildman–Crippen LogP) is 4.01. The summed E-state index contributed by atoms with van der Waals surface area (Å²) in [5.74, 6) is 0.872. The van der Waals surface area contributed by atoms with Gasteiger partial charge in [0.05, 0.1) is 7.11 Å². The van der Waals surface area contributed by atoms with Gasteiger partial charge in [0, 0.05) is 10.5 Å². The summed E-state index contributed by atoms with van der Waals surface area (Å²) in [5, 5.41) is 0. The third-order valence-corrected chi connectivity index (χ3v) is 4.11. The van der Waals surface area contributed by atoms with Crippen molar-refractivity contribution in [2.75, 3.05) is 7.11 Å². The average Bonchev–Trinajstić information content (AvgIpc) is 2.42. The molecule has 0 aromatic heterocycles. The molecule has 2 aromatic carbocycles. The molecule has 3 heteroatoms. The van der Waals surface area contributed by atoms with Crippen molar-refractivity contribution in [3.63, 3.8) is 0 Å². The summed E-state index contributed by atoms with van der Waals surface area (Å²) in [6, 6.07) is 14.3. The van der Waals surface area contributed by atoms with Gasteiger partial charge in [-0.15, -0.1) is 0 Å². The Balaban J connectivity index is 2.10. The molecule has 0 aliphatic rings. The van der Waals surface area contributed by atoms with Gasteiger partial charge < -0.3 is 10.5 Å². The molecule has 2 N–H and O–H groups in total. The lowest BCUT2D eigenvalue weighted by Crippen LogP contribution is -2.13. The van der Waals surface area contributed by atoms with Crippen LogP contribution < -0.4 is 10.5 Å². The highest BCUT2D eigenvalue weighted by Crippen LogP contribution is 2.23. The second-order valence-corrected chi connectivity index (χ2v) is 5.52. The van der Waals surface area contributed by atoms with Crippen molar-refractivity contribution in [1.29, 1.82) is 0 Å². The molecule has 0 radical (unpaired) electrons. The van der Waals surface area contributed by atoms with Crippen molar-refractivity contribution >= 4 is 15.9 Å². The Morgan fingerprint density at radius 1 is 1.16 bits per heavy atom. The quantitative estimate of drug-likeness (QED) is 0.924. The van der Waals surface area contributed by atoms with Crippen LogP contribution >= 0.6 is 15.9 Å². The van der Waals surface area contributed by atoms with E-state index in [1.165, 1.54) is 11.1 Å². The van der Waals surface area contributed by atoms with Crippen LogP contribution in [-0.2, 0) is 6.42 Å². The number of hydrogen-bond acceptors (Lipinski definition) is 2. The van der Waals surface area contributed by atoms with Crippen LogP contribution in [0.25, 0.3) is 0 Å². The van der Waals surface area contributed by atoms with E-state index < -0.39 is 0 Å². The van der Waals surface area contributed by atoms with E-state index >= 15 is 0 Å². The molecule has 0 saturated carbocycles. The van der Waals surface area contributed by atoms with Gasteiger partial charge >= 0.3 is 0 Å². The molecule has 0 amide bonds. The average molecular weight is 320 g/mol. The van der Waals surface area contributed by atoms with Crippen molar-refractivity contribution in [2.24, 2.45) is 5.73 Å². The van der Waals surface area contributed by atoms with E-state index in [1.807, 2.05) is 12.1 Å². The predicted molar refractivity (Wildman–Crippen MR) is 82.5 cm³/mol. The molecule has 0 spiro atoms. The third kappa shape index (κ3) is 3.58. The fourth-order valence-electron chi connectivity index (χ4n) is 2.03. The summed E-state index contributed by atoms with van der Waals surface area (Å²) < 4.78 is 6.27. The highest BCUT2D eigenvalue weighted by molar-refractivity contribution is 9.10. The number of hydrogen-bond donors (Lipinski definition) is 1. The topological polar surface area (TPSA) is 35.2 Å². The van der Waals surface area contributed by atoms with Crippen molar-refractivity contribution in [3.8, 4) is 5.75 Å². The van der Waals surface area contributed by atoms with Gasteiger partial charge in [-0.1, -0.05) is 40.2 Å². The van der Waals surface area contributed by atoms with E-state index in [9.17, 15) is 0 Å². The first-order chi connectivity index (χ1) is 9.10. The molecular formula is C16H18BrNO. The first-order valence-corrected chi connectivity index (χ1v) is 7.04. The van der Waals surface area contributed by atoms with E-state index in [0.717, 1.165) is 22.2 Å². The van der Waals surface area contributed by atoms with Crippen LogP contribution in [-0.4, -0.2) is 7.11 Å². The number of aryl methyl sites for hydroxylation is 1. The summed E-state index contributed by atoms with van der Waals surface area (Å²) in [6.07, 6.45) is 0.824. The molecule has 2 aromatic rings. The number of halogens is 1. The van der Waals surface area contributed by atoms with E-state index in [-0.39, 0.29) is 6.04 Å². The molecular weight excluding hydrogens is 302 g/mol. The minimum atomic E-state index is 0.0141. The molecule has 1 atom stereocenters. The first-order valence-electron chi connectivity index (χ1n) is 6.24. The fraction of sp³-hybridized carbons (Fsp3) is 0.250. The first kappa shape index (κ1) is 14.1. The number of nitrogens with two attached hydrogens (primary N) is 1. The summed E-state index contributed by atoms with van der Waals surface area (Å²) in [7, 11) is 1.67. The Labute approximate surface area is 122 Å². The smallest absolute Gasteiger partial charge is 0.118 e. The molecule has 0 aliphatic carbocycles. The zero-order valence-electron chi connectivity index (χ0n) is 11.2. The van der Waals surface area contributed by atoms with Crippen LogP contribution in [0.4, 0.5) is 0 Å². The maximum Gasteiger partial charge on any atom is 0.118 e. The zero-order valence-corrected chi connectivity index (χ0v) is 12.8. The second-order valence-electron chi connectivity index (χ2n) is 4.67. The van der Waals surface area contributed by atoms with Gasteiger partial charge in [-0.3, -0.25) is 0 Å². The van der Waals surface area contributed by atoms with E-state index in [1.54, 1.807) is 7.11 Å². The molecule has 0 fully saturated rings. The SMILES string of the molecule is COc1ccc(CC(N)c2ccc(Br)c(C)c2)cc1. The molecule has 0 aliphatic heterocycles. The number of rotatable bonds is 4. The van der Waals surface area contributed by atoms with Crippen LogP contribution in [0.15, 0.2) is 46.9 Å². The lowest BCUT2D eigenvalue weighted by atomic mass is 9.98. The Morgan fingerprint density at radius 2 is 1.84 bits per heavy atom. The zero-order chi connectivity index (χ0) is 13.8. The fourth-order valence-corrected chi connectivity index (χ4v) is 2.28. The summed E-state index contributed by atoms with van der Waals surface area (Å²) in [5.41, 5.74) is 9.86. The Morgan fingerprint density at radius 3 is 2.42 bits per heavy atom. The van der Waals surface area contributed by atoms with Gasteiger partial charge in [-0.2, -0.15) is 0 Å². The Kier molecular flexibility index (Phi) is 4.61. The maximum atomic E-state index is 6.27. The van der Waals surface area contributed by atoms with Crippen LogP contribution in [0.3, 0.4) is 0 Å². The standard InChI is InChI=1S/C16H18BrNO/c1-11-9-13(5-8-15(11)17)16(18)10-12-3-6-14(19-2)7-4-12/h3-9,16H,10,18H2,1-2H3. The van der Waals surface area contributed by atoms with Crippen LogP contribution in [0.2, 0.25) is 0 Å². The molecule has 0 heterocycles. The monoisotopic (exact) mass is 319 g/mol. The molecule has 1 unspecified atom stereocenters. The van der Waals surface area contributed by atoms with Crippen molar-refractivity contribution in [2.45, 2.75) is 19.4 Å². The lowest BCUT2D eigenvalue weighted by Gasteiger charge is -2.14.